The molecule has 4 nitrogen and oxygen atoms in total. The molecule has 0 spiro atoms. The van der Waals surface area contributed by atoms with Gasteiger partial charge < -0.3 is 15.8 Å². The predicted octanol–water partition coefficient (Wildman–Crippen LogP) is 3.62. The second kappa shape index (κ2) is 8.48. The van der Waals surface area contributed by atoms with Crippen molar-refractivity contribution < 1.29 is 9.53 Å². The molecule has 0 bridgehead atoms. The van der Waals surface area contributed by atoms with Crippen LogP contribution in [0.4, 0.5) is 0 Å². The Morgan fingerprint density at radius 3 is 2.88 bits per heavy atom. The highest BCUT2D eigenvalue weighted by Gasteiger charge is 2.13. The zero-order chi connectivity index (χ0) is 17.6. The molecule has 1 aliphatic heterocycles. The fraction of sp³-hybridized carbons (Fsp3) is 0.350. The van der Waals surface area contributed by atoms with Crippen molar-refractivity contribution in [1.29, 1.82) is 0 Å². The number of halogens is 1. The number of hydrogen-bond donors (Lipinski definition) is 2. The molecule has 1 fully saturated rings. The first-order valence-corrected chi connectivity index (χ1v) is 8.98. The van der Waals surface area contributed by atoms with E-state index < -0.39 is 5.91 Å². The van der Waals surface area contributed by atoms with E-state index in [2.05, 4.69) is 11.4 Å². The summed E-state index contributed by atoms with van der Waals surface area (Å²) in [5.41, 5.74) is 8.75. The highest BCUT2D eigenvalue weighted by molar-refractivity contribution is 6.33. The predicted molar refractivity (Wildman–Crippen MR) is 101 cm³/mol. The molecule has 0 aromatic heterocycles. The quantitative estimate of drug-likeness (QED) is 0.828. The van der Waals surface area contributed by atoms with Crippen molar-refractivity contribution in [2.45, 2.75) is 19.4 Å². The normalized spacial score (nSPS) is 17.4. The number of hydrogen-bond acceptors (Lipinski definition) is 3. The largest absolute Gasteiger partial charge is 0.381 e. The van der Waals surface area contributed by atoms with Gasteiger partial charge >= 0.3 is 0 Å². The van der Waals surface area contributed by atoms with E-state index in [1.54, 1.807) is 12.1 Å². The highest BCUT2D eigenvalue weighted by Crippen LogP contribution is 2.29. The van der Waals surface area contributed by atoms with Crippen LogP contribution in [0.2, 0.25) is 5.02 Å². The summed E-state index contributed by atoms with van der Waals surface area (Å²) >= 11 is 6.46. The SMILES string of the molecule is NC(=O)c1cccc(-c2ccc(CNCC3CCCOC3)cc2Cl)c1. The van der Waals surface area contributed by atoms with Crippen LogP contribution in [0.15, 0.2) is 42.5 Å². The Morgan fingerprint density at radius 2 is 2.16 bits per heavy atom. The fourth-order valence-corrected chi connectivity index (χ4v) is 3.44. The van der Waals surface area contributed by atoms with Gasteiger partial charge in [-0.25, -0.2) is 0 Å². The molecule has 5 heteroatoms. The number of carbonyl (C=O) groups is 1. The molecule has 132 valence electrons. The topological polar surface area (TPSA) is 64.4 Å². The Labute approximate surface area is 153 Å². The summed E-state index contributed by atoms with van der Waals surface area (Å²) in [6.07, 6.45) is 2.38. The number of carbonyl (C=O) groups excluding carboxylic acids is 1. The second-order valence-electron chi connectivity index (χ2n) is 6.47. The van der Waals surface area contributed by atoms with Crippen LogP contribution in [-0.4, -0.2) is 25.7 Å². The van der Waals surface area contributed by atoms with Crippen LogP contribution in [0.5, 0.6) is 0 Å². The summed E-state index contributed by atoms with van der Waals surface area (Å²) < 4.78 is 5.50. The van der Waals surface area contributed by atoms with Gasteiger partial charge in [0.25, 0.3) is 0 Å². The van der Waals surface area contributed by atoms with Crippen molar-refractivity contribution in [2.24, 2.45) is 11.7 Å². The van der Waals surface area contributed by atoms with E-state index in [-0.39, 0.29) is 0 Å². The van der Waals surface area contributed by atoms with Gasteiger partial charge in [0, 0.05) is 35.8 Å². The minimum Gasteiger partial charge on any atom is -0.381 e. The minimum atomic E-state index is -0.439. The lowest BCUT2D eigenvalue weighted by Gasteiger charge is -2.22. The van der Waals surface area contributed by atoms with Gasteiger partial charge in [-0.2, -0.15) is 0 Å². The Kier molecular flexibility index (Phi) is 6.08. The molecule has 0 saturated carbocycles. The molecule has 25 heavy (non-hydrogen) atoms. The van der Waals surface area contributed by atoms with Gasteiger partial charge in [-0.3, -0.25) is 4.79 Å². The summed E-state index contributed by atoms with van der Waals surface area (Å²) in [4.78, 5) is 11.3. The zero-order valence-corrected chi connectivity index (χ0v) is 14.9. The van der Waals surface area contributed by atoms with Crippen molar-refractivity contribution in [1.82, 2.24) is 5.32 Å². The number of benzene rings is 2. The first-order valence-electron chi connectivity index (χ1n) is 8.60. The van der Waals surface area contributed by atoms with E-state index in [0.717, 1.165) is 49.4 Å². The molecule has 1 aliphatic rings. The zero-order valence-electron chi connectivity index (χ0n) is 14.1. The lowest BCUT2D eigenvalue weighted by atomic mass is 10.0. The van der Waals surface area contributed by atoms with E-state index in [1.807, 2.05) is 24.3 Å². The molecule has 1 heterocycles. The molecule has 1 amide bonds. The maximum Gasteiger partial charge on any atom is 0.248 e. The molecule has 2 aromatic rings. The van der Waals surface area contributed by atoms with Crippen LogP contribution >= 0.6 is 11.6 Å². The van der Waals surface area contributed by atoms with Crippen LogP contribution in [0, 0.1) is 5.92 Å². The molecule has 3 N–H and O–H groups in total. The smallest absolute Gasteiger partial charge is 0.248 e. The molecule has 1 saturated heterocycles. The van der Waals surface area contributed by atoms with Crippen LogP contribution in [0.25, 0.3) is 11.1 Å². The Balaban J connectivity index is 1.64. The van der Waals surface area contributed by atoms with Crippen molar-refractivity contribution in [2.75, 3.05) is 19.8 Å². The summed E-state index contributed by atoms with van der Waals surface area (Å²) in [7, 11) is 0. The van der Waals surface area contributed by atoms with Crippen molar-refractivity contribution in [3.63, 3.8) is 0 Å². The average molecular weight is 359 g/mol. The third-order valence-electron chi connectivity index (χ3n) is 4.51. The molecular formula is C20H23ClN2O2. The van der Waals surface area contributed by atoms with Crippen LogP contribution in [0.1, 0.15) is 28.8 Å². The van der Waals surface area contributed by atoms with Gasteiger partial charge in [-0.15, -0.1) is 0 Å². The number of rotatable bonds is 6. The van der Waals surface area contributed by atoms with E-state index >= 15 is 0 Å². The number of primary amides is 1. The number of nitrogens with one attached hydrogen (secondary N) is 1. The first-order chi connectivity index (χ1) is 12.1. The van der Waals surface area contributed by atoms with Gasteiger partial charge in [-0.1, -0.05) is 35.9 Å². The van der Waals surface area contributed by atoms with E-state index in [0.29, 0.717) is 16.5 Å². The van der Waals surface area contributed by atoms with Crippen molar-refractivity contribution in [3.8, 4) is 11.1 Å². The summed E-state index contributed by atoms with van der Waals surface area (Å²) in [6, 6.07) is 13.2. The minimum absolute atomic E-state index is 0.439. The number of amides is 1. The van der Waals surface area contributed by atoms with Gasteiger partial charge in [0.2, 0.25) is 5.91 Å². The lowest BCUT2D eigenvalue weighted by Crippen LogP contribution is -2.28. The van der Waals surface area contributed by atoms with Crippen LogP contribution < -0.4 is 11.1 Å². The van der Waals surface area contributed by atoms with E-state index in [1.165, 1.54) is 6.42 Å². The number of nitrogens with two attached hydrogens (primary N) is 1. The van der Waals surface area contributed by atoms with Crippen molar-refractivity contribution in [3.05, 3.63) is 58.6 Å². The maximum atomic E-state index is 11.3. The molecule has 2 aromatic carbocycles. The molecule has 3 rings (SSSR count). The van der Waals surface area contributed by atoms with Crippen molar-refractivity contribution >= 4 is 17.5 Å². The van der Waals surface area contributed by atoms with Gasteiger partial charge in [0.1, 0.15) is 0 Å². The maximum absolute atomic E-state index is 11.3. The Hall–Kier alpha value is -1.88. The molecular weight excluding hydrogens is 336 g/mol. The summed E-state index contributed by atoms with van der Waals surface area (Å²) in [5, 5.41) is 4.15. The molecule has 1 atom stereocenters. The summed E-state index contributed by atoms with van der Waals surface area (Å²) in [5.74, 6) is 0.158. The fourth-order valence-electron chi connectivity index (χ4n) is 3.13. The first kappa shape index (κ1) is 17.9. The molecule has 0 radical (unpaired) electrons. The van der Waals surface area contributed by atoms with E-state index in [9.17, 15) is 4.79 Å². The lowest BCUT2D eigenvalue weighted by molar-refractivity contribution is 0.0547. The van der Waals surface area contributed by atoms with Crippen LogP contribution in [-0.2, 0) is 11.3 Å². The number of ether oxygens (including phenoxy) is 1. The highest BCUT2D eigenvalue weighted by atomic mass is 35.5. The molecule has 1 unspecified atom stereocenters. The monoisotopic (exact) mass is 358 g/mol. The second-order valence-corrected chi connectivity index (χ2v) is 6.88. The Morgan fingerprint density at radius 1 is 1.28 bits per heavy atom. The van der Waals surface area contributed by atoms with Crippen LogP contribution in [0.3, 0.4) is 0 Å². The molecule has 0 aliphatic carbocycles. The van der Waals surface area contributed by atoms with E-state index in [4.69, 9.17) is 22.1 Å². The van der Waals surface area contributed by atoms with Gasteiger partial charge in [0.05, 0.1) is 6.61 Å². The Bertz CT molecular complexity index is 742. The summed E-state index contributed by atoms with van der Waals surface area (Å²) in [6.45, 7) is 3.48. The third-order valence-corrected chi connectivity index (χ3v) is 4.82. The third kappa shape index (κ3) is 4.82. The van der Waals surface area contributed by atoms with Gasteiger partial charge in [0.15, 0.2) is 0 Å². The average Bonchev–Trinajstić information content (AvgIpc) is 2.63. The standard InChI is InChI=1S/C20H23ClN2O2/c21-19-9-14(11-23-12-15-3-2-8-25-13-15)6-7-18(19)16-4-1-5-17(10-16)20(22)24/h1,4-7,9-10,15,23H,2-3,8,11-13H2,(H2,22,24). The van der Waals surface area contributed by atoms with Gasteiger partial charge in [-0.05, 0) is 48.1 Å².